The summed E-state index contributed by atoms with van der Waals surface area (Å²) < 4.78 is 0. The molecule has 5 aromatic carbocycles. The highest BCUT2D eigenvalue weighted by atomic mass is 32.2. The average molecular weight is 726 g/mol. The molecule has 52 heavy (non-hydrogen) atoms. The lowest BCUT2D eigenvalue weighted by Crippen LogP contribution is -2.30. The highest BCUT2D eigenvalue weighted by molar-refractivity contribution is 8.00. The van der Waals surface area contributed by atoms with Crippen LogP contribution in [0.1, 0.15) is 22.8 Å². The average Bonchev–Trinajstić information content (AvgIpc) is 3.64. The van der Waals surface area contributed by atoms with Gasteiger partial charge in [-0.1, -0.05) is 91.0 Å². The van der Waals surface area contributed by atoms with Crippen LogP contribution in [0.4, 0.5) is 16.5 Å². The fourth-order valence-corrected chi connectivity index (χ4v) is 6.71. The van der Waals surface area contributed by atoms with Gasteiger partial charge < -0.3 is 16.0 Å². The molecule has 0 spiro atoms. The summed E-state index contributed by atoms with van der Waals surface area (Å²) in [6, 6.07) is 39.5. The van der Waals surface area contributed by atoms with Crippen LogP contribution in [0, 0.1) is 10.1 Å². The number of nitro benzene ring substituents is 1. The second-order valence-electron chi connectivity index (χ2n) is 11.4. The van der Waals surface area contributed by atoms with Crippen LogP contribution in [0.3, 0.4) is 0 Å². The Kier molecular flexibility index (Phi) is 11.3. The first-order chi connectivity index (χ1) is 25.2. The van der Waals surface area contributed by atoms with E-state index in [0.717, 1.165) is 21.6 Å². The molecule has 0 aliphatic carbocycles. The molecule has 0 saturated carbocycles. The van der Waals surface area contributed by atoms with E-state index in [-0.39, 0.29) is 17.3 Å². The minimum Gasteiger partial charge on any atom is -0.321 e. The zero-order valence-electron chi connectivity index (χ0n) is 27.7. The highest BCUT2D eigenvalue weighted by Gasteiger charge is 2.19. The molecule has 3 amide bonds. The number of hydrogen-bond donors (Lipinski definition) is 3. The molecule has 6 rings (SSSR count). The smallest absolute Gasteiger partial charge is 0.272 e. The molecule has 6 aromatic rings. The maximum Gasteiger partial charge on any atom is 0.272 e. The van der Waals surface area contributed by atoms with Gasteiger partial charge >= 0.3 is 0 Å². The Bertz CT molecular complexity index is 2260. The number of amides is 3. The molecule has 1 unspecified atom stereocenters. The van der Waals surface area contributed by atoms with E-state index in [4.69, 9.17) is 0 Å². The highest BCUT2D eigenvalue weighted by Crippen LogP contribution is 2.30. The Labute approximate surface area is 307 Å². The summed E-state index contributed by atoms with van der Waals surface area (Å²) in [5.41, 5.74) is 4.79. The van der Waals surface area contributed by atoms with Crippen LogP contribution in [-0.4, -0.2) is 32.9 Å². The molecule has 10 nitrogen and oxygen atoms in total. The van der Waals surface area contributed by atoms with Crippen molar-refractivity contribution >= 4 is 63.4 Å². The van der Waals surface area contributed by atoms with Crippen LogP contribution in [0.5, 0.6) is 0 Å². The van der Waals surface area contributed by atoms with Crippen LogP contribution in [0.2, 0.25) is 0 Å². The number of anilines is 2. The Hall–Kier alpha value is -6.37. The fourth-order valence-electron chi connectivity index (χ4n) is 5.06. The van der Waals surface area contributed by atoms with Gasteiger partial charge in [-0.15, -0.1) is 23.1 Å². The van der Waals surface area contributed by atoms with Crippen LogP contribution < -0.4 is 16.0 Å². The number of aromatic nitrogens is 1. The summed E-state index contributed by atoms with van der Waals surface area (Å²) in [6.07, 6.45) is 1.62. The number of hydrogen-bond acceptors (Lipinski definition) is 8. The van der Waals surface area contributed by atoms with Gasteiger partial charge in [0.25, 0.3) is 17.5 Å². The van der Waals surface area contributed by atoms with Crippen molar-refractivity contribution in [3.8, 4) is 22.4 Å². The molecule has 0 radical (unpaired) electrons. The number of nitrogens with zero attached hydrogens (tertiary/aromatic N) is 2. The van der Waals surface area contributed by atoms with Gasteiger partial charge in [-0.05, 0) is 60.0 Å². The van der Waals surface area contributed by atoms with Gasteiger partial charge in [-0.2, -0.15) is 0 Å². The van der Waals surface area contributed by atoms with Crippen LogP contribution in [0.15, 0.2) is 149 Å². The molecule has 3 N–H and O–H groups in total. The van der Waals surface area contributed by atoms with E-state index in [1.807, 2.05) is 66.7 Å². The molecule has 1 atom stereocenters. The lowest BCUT2D eigenvalue weighted by molar-refractivity contribution is -0.384. The number of benzene rings is 5. The van der Waals surface area contributed by atoms with Crippen LogP contribution in [0.25, 0.3) is 28.5 Å². The largest absolute Gasteiger partial charge is 0.321 e. The fraction of sp³-hybridized carbons (Fsp3) is 0.0500. The third-order valence-electron chi connectivity index (χ3n) is 7.72. The first-order valence-corrected chi connectivity index (χ1v) is 17.8. The van der Waals surface area contributed by atoms with Crippen molar-refractivity contribution in [2.24, 2.45) is 0 Å². The van der Waals surface area contributed by atoms with Crippen molar-refractivity contribution in [3.05, 3.63) is 166 Å². The van der Waals surface area contributed by atoms with Crippen molar-refractivity contribution in [3.63, 3.8) is 0 Å². The molecular weight excluding hydrogens is 695 g/mol. The molecule has 1 heterocycles. The Balaban J connectivity index is 1.13. The third kappa shape index (κ3) is 9.24. The lowest BCUT2D eigenvalue weighted by atomic mass is 10.0. The van der Waals surface area contributed by atoms with Gasteiger partial charge in [0, 0.05) is 39.2 Å². The minimum absolute atomic E-state index is 0.0440. The van der Waals surface area contributed by atoms with Gasteiger partial charge in [-0.25, -0.2) is 4.98 Å². The minimum atomic E-state index is -0.532. The second kappa shape index (κ2) is 16.6. The predicted molar refractivity (Wildman–Crippen MR) is 207 cm³/mol. The van der Waals surface area contributed by atoms with Crippen molar-refractivity contribution in [1.82, 2.24) is 10.3 Å². The number of thiazole rings is 1. The Morgan fingerprint density at radius 1 is 0.788 bits per heavy atom. The molecule has 1 aromatic heterocycles. The number of rotatable bonds is 12. The molecule has 0 bridgehead atoms. The maximum absolute atomic E-state index is 13.7. The van der Waals surface area contributed by atoms with Gasteiger partial charge in [-0.3, -0.25) is 24.5 Å². The zero-order valence-corrected chi connectivity index (χ0v) is 29.3. The van der Waals surface area contributed by atoms with Crippen molar-refractivity contribution < 1.29 is 19.3 Å². The number of carbonyl (C=O) groups excluding carboxylic acids is 3. The van der Waals surface area contributed by atoms with E-state index in [1.54, 1.807) is 73.0 Å². The van der Waals surface area contributed by atoms with E-state index in [1.165, 1.54) is 35.2 Å². The van der Waals surface area contributed by atoms with Gasteiger partial charge in [0.2, 0.25) is 5.91 Å². The normalized spacial score (nSPS) is 11.7. The number of carbonyl (C=O) groups is 3. The van der Waals surface area contributed by atoms with Crippen LogP contribution in [-0.2, 0) is 9.59 Å². The van der Waals surface area contributed by atoms with Crippen molar-refractivity contribution in [2.45, 2.75) is 17.1 Å². The van der Waals surface area contributed by atoms with E-state index in [2.05, 4.69) is 20.9 Å². The lowest BCUT2D eigenvalue weighted by Gasteiger charge is -2.14. The number of non-ortho nitro benzene ring substituents is 1. The van der Waals surface area contributed by atoms with Crippen molar-refractivity contribution in [1.29, 1.82) is 0 Å². The summed E-state index contributed by atoms with van der Waals surface area (Å²) in [4.78, 5) is 55.7. The molecule has 258 valence electrons. The zero-order chi connectivity index (χ0) is 36.5. The second-order valence-corrected chi connectivity index (χ2v) is 13.7. The standard InChI is InChI=1S/C40H31N5O5S2/c1-26(37(46)44-40-43-36(25-51-40)31-14-8-16-33(23-31)45(49)50)52-34-17-9-15-32(24-34)41-39(48)35(42-38(47)30-12-6-3-7-13-30)22-27-18-20-29(21-19-27)28-10-4-2-5-11-28/h2-26H,1H3,(H,41,48)(H,42,47)(H,43,44,46)/b35-22+. The molecule has 0 aliphatic rings. The quantitative estimate of drug-likeness (QED) is 0.0495. The topological polar surface area (TPSA) is 143 Å². The number of nitrogens with one attached hydrogen (secondary N) is 3. The SMILES string of the molecule is CC(Sc1cccc(NC(=O)/C(=C\c2ccc(-c3ccccc3)cc2)NC(=O)c2ccccc2)c1)C(=O)Nc1nc(-c2cccc([N+](=O)[O-])c2)cs1. The first-order valence-electron chi connectivity index (χ1n) is 16.0. The van der Waals surface area contributed by atoms with E-state index in [9.17, 15) is 24.5 Å². The molecule has 0 saturated heterocycles. The summed E-state index contributed by atoms with van der Waals surface area (Å²) in [6.45, 7) is 1.75. The molecule has 0 aliphatic heterocycles. The number of nitro groups is 1. The van der Waals surface area contributed by atoms with E-state index in [0.29, 0.717) is 27.6 Å². The predicted octanol–water partition coefficient (Wildman–Crippen LogP) is 8.91. The maximum atomic E-state index is 13.7. The molecule has 12 heteroatoms. The Morgan fingerprint density at radius 2 is 1.46 bits per heavy atom. The summed E-state index contributed by atoms with van der Waals surface area (Å²) in [7, 11) is 0. The summed E-state index contributed by atoms with van der Waals surface area (Å²) in [5.74, 6) is -1.23. The Morgan fingerprint density at radius 3 is 2.19 bits per heavy atom. The van der Waals surface area contributed by atoms with Crippen LogP contribution >= 0.6 is 23.1 Å². The van der Waals surface area contributed by atoms with Gasteiger partial charge in [0.05, 0.1) is 15.9 Å². The third-order valence-corrected chi connectivity index (χ3v) is 9.57. The first kappa shape index (κ1) is 35.5. The number of thioether (sulfide) groups is 1. The van der Waals surface area contributed by atoms with E-state index < -0.39 is 22.0 Å². The summed E-state index contributed by atoms with van der Waals surface area (Å²) in [5, 5.41) is 21.2. The monoisotopic (exact) mass is 725 g/mol. The molecular formula is C40H31N5O5S2. The van der Waals surface area contributed by atoms with Gasteiger partial charge in [0.15, 0.2) is 5.13 Å². The van der Waals surface area contributed by atoms with E-state index >= 15 is 0 Å². The molecule has 0 fully saturated rings. The summed E-state index contributed by atoms with van der Waals surface area (Å²) >= 11 is 2.51. The van der Waals surface area contributed by atoms with Crippen molar-refractivity contribution in [2.75, 3.05) is 10.6 Å². The van der Waals surface area contributed by atoms with Gasteiger partial charge in [0.1, 0.15) is 5.70 Å².